The van der Waals surface area contributed by atoms with Gasteiger partial charge in [0.25, 0.3) is 0 Å². The molecule has 1 aromatic rings. The molecule has 0 aromatic carbocycles. The molecule has 1 saturated carbocycles. The highest BCUT2D eigenvalue weighted by Gasteiger charge is 2.30. The molecule has 1 heterocycles. The molecule has 0 atom stereocenters. The molecule has 0 unspecified atom stereocenters. The normalized spacial score (nSPS) is 15.2. The molecule has 1 aromatic heterocycles. The lowest BCUT2D eigenvalue weighted by molar-refractivity contribution is 0.798. The van der Waals surface area contributed by atoms with E-state index in [1.807, 2.05) is 0 Å². The van der Waals surface area contributed by atoms with E-state index in [9.17, 15) is 0 Å². The van der Waals surface area contributed by atoms with Gasteiger partial charge in [-0.05, 0) is 45.2 Å². The van der Waals surface area contributed by atoms with Gasteiger partial charge in [0.15, 0.2) is 0 Å². The van der Waals surface area contributed by atoms with Crippen LogP contribution in [0.3, 0.4) is 0 Å². The second-order valence-corrected chi connectivity index (χ2v) is 4.80. The van der Waals surface area contributed by atoms with Gasteiger partial charge in [0.1, 0.15) is 5.82 Å². The summed E-state index contributed by atoms with van der Waals surface area (Å²) in [4.78, 5) is 7.08. The number of hydrogen-bond donors (Lipinski definition) is 0. The van der Waals surface area contributed by atoms with Crippen LogP contribution in [-0.4, -0.2) is 17.6 Å². The molecule has 0 N–H and O–H groups in total. The minimum Gasteiger partial charge on any atom is -0.354 e. The van der Waals surface area contributed by atoms with Gasteiger partial charge in [-0.15, -0.1) is 11.6 Å². The van der Waals surface area contributed by atoms with Crippen LogP contribution < -0.4 is 4.90 Å². The van der Waals surface area contributed by atoms with Crippen molar-refractivity contribution in [3.05, 3.63) is 22.9 Å². The first-order valence-electron chi connectivity index (χ1n) is 5.97. The summed E-state index contributed by atoms with van der Waals surface area (Å²) in [7, 11) is 0. The second-order valence-electron chi connectivity index (χ2n) is 4.53. The second kappa shape index (κ2) is 4.62. The number of aryl methyl sites for hydroxylation is 2. The van der Waals surface area contributed by atoms with Gasteiger partial charge in [0.2, 0.25) is 0 Å². The summed E-state index contributed by atoms with van der Waals surface area (Å²) < 4.78 is 0. The van der Waals surface area contributed by atoms with E-state index in [0.29, 0.717) is 11.9 Å². The Morgan fingerprint density at radius 3 is 2.62 bits per heavy atom. The molecule has 3 heteroatoms. The number of halogens is 1. The van der Waals surface area contributed by atoms with Crippen molar-refractivity contribution in [3.63, 3.8) is 0 Å². The van der Waals surface area contributed by atoms with Gasteiger partial charge in [-0.1, -0.05) is 0 Å². The summed E-state index contributed by atoms with van der Waals surface area (Å²) in [6.07, 6.45) is 2.59. The third kappa shape index (κ3) is 2.17. The average Bonchev–Trinajstić information content (AvgIpc) is 3.02. The minimum absolute atomic E-state index is 0.553. The molecule has 0 aliphatic heterocycles. The zero-order valence-electron chi connectivity index (χ0n) is 10.3. The zero-order chi connectivity index (χ0) is 11.7. The van der Waals surface area contributed by atoms with Gasteiger partial charge >= 0.3 is 0 Å². The third-order valence-electron chi connectivity index (χ3n) is 3.19. The summed E-state index contributed by atoms with van der Waals surface area (Å²) in [5.41, 5.74) is 3.54. The molecule has 16 heavy (non-hydrogen) atoms. The van der Waals surface area contributed by atoms with Crippen molar-refractivity contribution in [1.29, 1.82) is 0 Å². The third-order valence-corrected chi connectivity index (χ3v) is 3.45. The average molecular weight is 239 g/mol. The molecule has 0 amide bonds. The van der Waals surface area contributed by atoms with Gasteiger partial charge in [-0.3, -0.25) is 0 Å². The fraction of sp³-hybridized carbons (Fsp3) is 0.615. The van der Waals surface area contributed by atoms with E-state index in [0.717, 1.165) is 18.1 Å². The van der Waals surface area contributed by atoms with Crippen LogP contribution in [0.4, 0.5) is 5.82 Å². The molecule has 2 rings (SSSR count). The SMILES string of the molecule is CCN(c1nc(C)cc(C)c1CCl)C1CC1. The topological polar surface area (TPSA) is 16.1 Å². The largest absolute Gasteiger partial charge is 0.354 e. The van der Waals surface area contributed by atoms with E-state index in [1.165, 1.54) is 24.0 Å². The van der Waals surface area contributed by atoms with Gasteiger partial charge in [0.05, 0.1) is 5.88 Å². The first-order chi connectivity index (χ1) is 7.67. The fourth-order valence-corrected chi connectivity index (χ4v) is 2.54. The summed E-state index contributed by atoms with van der Waals surface area (Å²) in [5.74, 6) is 1.66. The Balaban J connectivity index is 2.43. The van der Waals surface area contributed by atoms with Crippen molar-refractivity contribution in [2.75, 3.05) is 11.4 Å². The van der Waals surface area contributed by atoms with E-state index < -0.39 is 0 Å². The molecule has 0 bridgehead atoms. The lowest BCUT2D eigenvalue weighted by atomic mass is 10.1. The predicted molar refractivity (Wildman–Crippen MR) is 69.3 cm³/mol. The van der Waals surface area contributed by atoms with Crippen molar-refractivity contribution < 1.29 is 0 Å². The number of aromatic nitrogens is 1. The summed E-state index contributed by atoms with van der Waals surface area (Å²) in [5, 5.41) is 0. The van der Waals surface area contributed by atoms with E-state index in [1.54, 1.807) is 0 Å². The van der Waals surface area contributed by atoms with Gasteiger partial charge in [-0.25, -0.2) is 4.98 Å². The monoisotopic (exact) mass is 238 g/mol. The van der Waals surface area contributed by atoms with Crippen LogP contribution in [-0.2, 0) is 5.88 Å². The summed E-state index contributed by atoms with van der Waals surface area (Å²) >= 11 is 6.05. The van der Waals surface area contributed by atoms with Gasteiger partial charge < -0.3 is 4.90 Å². The van der Waals surface area contributed by atoms with Crippen LogP contribution in [0.25, 0.3) is 0 Å². The zero-order valence-corrected chi connectivity index (χ0v) is 11.0. The Kier molecular flexibility index (Phi) is 3.38. The highest BCUT2D eigenvalue weighted by Crippen LogP contribution is 2.34. The Morgan fingerprint density at radius 2 is 2.12 bits per heavy atom. The highest BCUT2D eigenvalue weighted by molar-refractivity contribution is 6.17. The van der Waals surface area contributed by atoms with Gasteiger partial charge in [0, 0.05) is 23.8 Å². The lowest BCUT2D eigenvalue weighted by Gasteiger charge is -2.25. The van der Waals surface area contributed by atoms with Crippen LogP contribution >= 0.6 is 11.6 Å². The Morgan fingerprint density at radius 1 is 1.44 bits per heavy atom. The molecule has 1 aliphatic carbocycles. The van der Waals surface area contributed by atoms with E-state index in [2.05, 4.69) is 36.7 Å². The van der Waals surface area contributed by atoms with Crippen molar-refractivity contribution in [2.24, 2.45) is 0 Å². The molecule has 1 aliphatic rings. The van der Waals surface area contributed by atoms with Crippen LogP contribution in [0.5, 0.6) is 0 Å². The Hall–Kier alpha value is -0.760. The fourth-order valence-electron chi connectivity index (χ4n) is 2.21. The number of alkyl halides is 1. The molecule has 0 spiro atoms. The Labute approximate surface area is 103 Å². The predicted octanol–water partition coefficient (Wildman–Crippen LogP) is 3.43. The summed E-state index contributed by atoms with van der Waals surface area (Å²) in [6.45, 7) is 7.38. The van der Waals surface area contributed by atoms with E-state index in [-0.39, 0.29) is 0 Å². The smallest absolute Gasteiger partial charge is 0.133 e. The van der Waals surface area contributed by atoms with Crippen LogP contribution in [0.15, 0.2) is 6.07 Å². The minimum atomic E-state index is 0.553. The van der Waals surface area contributed by atoms with E-state index >= 15 is 0 Å². The molecular formula is C13H19ClN2. The van der Waals surface area contributed by atoms with E-state index in [4.69, 9.17) is 11.6 Å². The molecule has 1 fully saturated rings. The number of nitrogens with zero attached hydrogens (tertiary/aromatic N) is 2. The van der Waals surface area contributed by atoms with Gasteiger partial charge in [-0.2, -0.15) is 0 Å². The highest BCUT2D eigenvalue weighted by atomic mass is 35.5. The maximum atomic E-state index is 6.05. The first-order valence-corrected chi connectivity index (χ1v) is 6.50. The number of hydrogen-bond acceptors (Lipinski definition) is 2. The molecule has 0 radical (unpaired) electrons. The van der Waals surface area contributed by atoms with Crippen molar-refractivity contribution in [2.45, 2.75) is 45.5 Å². The van der Waals surface area contributed by atoms with Crippen LogP contribution in [0, 0.1) is 13.8 Å². The van der Waals surface area contributed by atoms with Crippen molar-refractivity contribution >= 4 is 17.4 Å². The van der Waals surface area contributed by atoms with Crippen molar-refractivity contribution in [3.8, 4) is 0 Å². The Bertz CT molecular complexity index is 386. The standard InChI is InChI=1S/C13H19ClN2/c1-4-16(11-5-6-11)13-12(8-14)9(2)7-10(3)15-13/h7,11H,4-6,8H2,1-3H3. The number of anilines is 1. The summed E-state index contributed by atoms with van der Waals surface area (Å²) in [6, 6.07) is 2.81. The quantitative estimate of drug-likeness (QED) is 0.748. The molecule has 88 valence electrons. The molecular weight excluding hydrogens is 220 g/mol. The first kappa shape index (κ1) is 11.7. The number of pyridine rings is 1. The number of rotatable bonds is 4. The molecule has 0 saturated heterocycles. The van der Waals surface area contributed by atoms with Crippen LogP contribution in [0.2, 0.25) is 0 Å². The maximum absolute atomic E-state index is 6.05. The molecule has 2 nitrogen and oxygen atoms in total. The van der Waals surface area contributed by atoms with Crippen molar-refractivity contribution in [1.82, 2.24) is 4.98 Å². The lowest BCUT2D eigenvalue weighted by Crippen LogP contribution is -2.27. The maximum Gasteiger partial charge on any atom is 0.133 e. The van der Waals surface area contributed by atoms with Crippen LogP contribution in [0.1, 0.15) is 36.6 Å².